The summed E-state index contributed by atoms with van der Waals surface area (Å²) in [6, 6.07) is 8.06. The van der Waals surface area contributed by atoms with Crippen LogP contribution in [-0.4, -0.2) is 72.8 Å². The Morgan fingerprint density at radius 1 is 1.10 bits per heavy atom. The summed E-state index contributed by atoms with van der Waals surface area (Å²) >= 11 is 0. The van der Waals surface area contributed by atoms with Crippen LogP contribution < -0.4 is 10.1 Å². The maximum absolute atomic E-state index is 11.6. The summed E-state index contributed by atoms with van der Waals surface area (Å²) in [6.07, 6.45) is 7.32. The van der Waals surface area contributed by atoms with E-state index in [1.807, 2.05) is 23.1 Å². The molecule has 0 unspecified atom stereocenters. The zero-order valence-electron chi connectivity index (χ0n) is 17.7. The zero-order valence-corrected chi connectivity index (χ0v) is 17.7. The van der Waals surface area contributed by atoms with Gasteiger partial charge in [0.1, 0.15) is 18.5 Å². The molecule has 0 saturated carbocycles. The molecule has 2 aliphatic rings. The van der Waals surface area contributed by atoms with E-state index in [1.54, 1.807) is 0 Å². The Labute approximate surface area is 175 Å². The monoisotopic (exact) mass is 403 g/mol. The molecule has 2 heterocycles. The molecule has 0 aromatic heterocycles. The van der Waals surface area contributed by atoms with Gasteiger partial charge in [0.2, 0.25) is 5.91 Å². The molecule has 6 heteroatoms. The van der Waals surface area contributed by atoms with Gasteiger partial charge in [-0.3, -0.25) is 4.79 Å². The van der Waals surface area contributed by atoms with Gasteiger partial charge in [-0.2, -0.15) is 0 Å². The van der Waals surface area contributed by atoms with E-state index in [-0.39, 0.29) is 0 Å². The number of rotatable bonds is 11. The van der Waals surface area contributed by atoms with Gasteiger partial charge in [-0.25, -0.2) is 0 Å². The number of aliphatic hydroxyl groups is 1. The minimum absolute atomic E-state index is 0.299. The number of carbonyl (C=O) groups excluding carboxylic acids is 1. The van der Waals surface area contributed by atoms with E-state index >= 15 is 0 Å². The first-order valence-corrected chi connectivity index (χ1v) is 11.3. The highest BCUT2D eigenvalue weighted by atomic mass is 16.5. The van der Waals surface area contributed by atoms with Gasteiger partial charge in [-0.15, -0.1) is 0 Å². The molecule has 29 heavy (non-hydrogen) atoms. The van der Waals surface area contributed by atoms with Crippen molar-refractivity contribution in [1.29, 1.82) is 0 Å². The molecule has 0 bridgehead atoms. The van der Waals surface area contributed by atoms with Crippen LogP contribution in [0.5, 0.6) is 5.75 Å². The van der Waals surface area contributed by atoms with Gasteiger partial charge in [-0.1, -0.05) is 25.0 Å². The van der Waals surface area contributed by atoms with Gasteiger partial charge in [0.05, 0.1) is 0 Å². The van der Waals surface area contributed by atoms with E-state index in [0.717, 1.165) is 57.9 Å². The van der Waals surface area contributed by atoms with Crippen molar-refractivity contribution in [3.8, 4) is 5.75 Å². The second-order valence-corrected chi connectivity index (χ2v) is 8.34. The number of benzene rings is 1. The molecule has 1 atom stereocenters. The molecule has 2 saturated heterocycles. The smallest absolute Gasteiger partial charge is 0.222 e. The van der Waals surface area contributed by atoms with Crippen molar-refractivity contribution < 1.29 is 14.6 Å². The summed E-state index contributed by atoms with van der Waals surface area (Å²) in [4.78, 5) is 15.9. The second-order valence-electron chi connectivity index (χ2n) is 8.34. The van der Waals surface area contributed by atoms with Crippen LogP contribution in [0.15, 0.2) is 24.3 Å². The first kappa shape index (κ1) is 22.1. The maximum Gasteiger partial charge on any atom is 0.222 e. The van der Waals surface area contributed by atoms with Gasteiger partial charge < -0.3 is 25.0 Å². The number of nitrogens with one attached hydrogen (secondary N) is 1. The highest BCUT2D eigenvalue weighted by Gasteiger charge is 2.18. The van der Waals surface area contributed by atoms with Crippen molar-refractivity contribution >= 4 is 5.91 Å². The third-order valence-corrected chi connectivity index (χ3v) is 5.79. The molecule has 0 radical (unpaired) electrons. The first-order valence-electron chi connectivity index (χ1n) is 11.3. The number of β-amino-alcohol motifs (C(OH)–C–C–N with tert-alkyl or cyclic N) is 1. The fraction of sp³-hybridized carbons (Fsp3) is 0.696. The summed E-state index contributed by atoms with van der Waals surface area (Å²) in [6.45, 7) is 6.64. The standard InChI is InChI=1S/C23H37N3O3/c27-21(18-25-12-3-1-2-4-13-25)19-29-22-9-5-8-20(16-22)17-24-11-7-15-26-14-6-10-23(26)28/h5,8-9,16,21,24,27H,1-4,6-7,10-15,17-19H2/t21-/m0/s1. The van der Waals surface area contributed by atoms with Gasteiger partial charge in [-0.05, 0) is 63.0 Å². The lowest BCUT2D eigenvalue weighted by Crippen LogP contribution is -2.36. The van der Waals surface area contributed by atoms with Crippen molar-refractivity contribution in [2.45, 2.75) is 57.6 Å². The van der Waals surface area contributed by atoms with Crippen LogP contribution in [0.3, 0.4) is 0 Å². The second kappa shape index (κ2) is 12.2. The van der Waals surface area contributed by atoms with E-state index in [1.165, 1.54) is 31.2 Å². The van der Waals surface area contributed by atoms with Gasteiger partial charge in [0.25, 0.3) is 0 Å². The number of hydrogen-bond acceptors (Lipinski definition) is 5. The van der Waals surface area contributed by atoms with Crippen LogP contribution in [0.25, 0.3) is 0 Å². The quantitative estimate of drug-likeness (QED) is 0.556. The predicted octanol–water partition coefficient (Wildman–Crippen LogP) is 2.40. The number of carbonyl (C=O) groups is 1. The Kier molecular flexibility index (Phi) is 9.25. The van der Waals surface area contributed by atoms with E-state index in [4.69, 9.17) is 4.74 Å². The predicted molar refractivity (Wildman–Crippen MR) is 115 cm³/mol. The van der Waals surface area contributed by atoms with E-state index < -0.39 is 6.10 Å². The van der Waals surface area contributed by atoms with Crippen LogP contribution in [0.1, 0.15) is 50.5 Å². The Morgan fingerprint density at radius 2 is 1.93 bits per heavy atom. The summed E-state index contributed by atoms with van der Waals surface area (Å²) in [7, 11) is 0. The number of hydrogen-bond donors (Lipinski definition) is 2. The summed E-state index contributed by atoms with van der Waals surface area (Å²) in [5, 5.41) is 13.8. The average molecular weight is 404 g/mol. The van der Waals surface area contributed by atoms with Crippen molar-refractivity contribution in [3.63, 3.8) is 0 Å². The van der Waals surface area contributed by atoms with Crippen molar-refractivity contribution in [1.82, 2.24) is 15.1 Å². The Bertz CT molecular complexity index is 617. The molecule has 1 aromatic carbocycles. The molecular weight excluding hydrogens is 366 g/mol. The lowest BCUT2D eigenvalue weighted by molar-refractivity contribution is -0.127. The van der Waals surface area contributed by atoms with Gasteiger partial charge in [0, 0.05) is 32.6 Å². The summed E-state index contributed by atoms with van der Waals surface area (Å²) in [5.74, 6) is 1.11. The molecular formula is C23H37N3O3. The lowest BCUT2D eigenvalue weighted by Gasteiger charge is -2.23. The van der Waals surface area contributed by atoms with Crippen LogP contribution in [0.2, 0.25) is 0 Å². The lowest BCUT2D eigenvalue weighted by atomic mass is 10.2. The van der Waals surface area contributed by atoms with Crippen molar-refractivity contribution in [2.24, 2.45) is 0 Å². The summed E-state index contributed by atoms with van der Waals surface area (Å²) < 4.78 is 5.84. The fourth-order valence-electron chi connectivity index (χ4n) is 4.18. The maximum atomic E-state index is 11.6. The highest BCUT2D eigenvalue weighted by molar-refractivity contribution is 5.77. The molecule has 6 nitrogen and oxygen atoms in total. The average Bonchev–Trinajstić information content (AvgIpc) is 2.96. The fourth-order valence-corrected chi connectivity index (χ4v) is 4.18. The normalized spacial score (nSPS) is 19.3. The minimum atomic E-state index is -0.455. The number of likely N-dealkylation sites (tertiary alicyclic amines) is 2. The molecule has 1 amide bonds. The molecule has 2 aliphatic heterocycles. The highest BCUT2D eigenvalue weighted by Crippen LogP contribution is 2.15. The SMILES string of the molecule is O=C1CCCN1CCCNCc1cccc(OC[C@@H](O)CN2CCCCCC2)c1. The van der Waals surface area contributed by atoms with E-state index in [0.29, 0.717) is 25.5 Å². The van der Waals surface area contributed by atoms with Gasteiger partial charge in [0.15, 0.2) is 0 Å². The number of aliphatic hydroxyl groups excluding tert-OH is 1. The van der Waals surface area contributed by atoms with E-state index in [9.17, 15) is 9.90 Å². The summed E-state index contributed by atoms with van der Waals surface area (Å²) in [5.41, 5.74) is 1.17. The van der Waals surface area contributed by atoms with Gasteiger partial charge >= 0.3 is 0 Å². The molecule has 1 aromatic rings. The Morgan fingerprint density at radius 3 is 2.69 bits per heavy atom. The number of ether oxygens (including phenoxy) is 1. The molecule has 2 fully saturated rings. The zero-order chi connectivity index (χ0) is 20.3. The number of nitrogens with zero attached hydrogens (tertiary/aromatic N) is 2. The third kappa shape index (κ3) is 7.96. The number of amides is 1. The van der Waals surface area contributed by atoms with Crippen molar-refractivity contribution in [3.05, 3.63) is 29.8 Å². The first-order chi connectivity index (χ1) is 14.2. The Balaban J connectivity index is 1.31. The minimum Gasteiger partial charge on any atom is -0.491 e. The van der Waals surface area contributed by atoms with Crippen LogP contribution >= 0.6 is 0 Å². The Hall–Kier alpha value is -1.63. The van der Waals surface area contributed by atoms with Crippen molar-refractivity contribution in [2.75, 3.05) is 45.9 Å². The molecule has 0 spiro atoms. The molecule has 3 rings (SSSR count). The van der Waals surface area contributed by atoms with Crippen LogP contribution in [-0.2, 0) is 11.3 Å². The molecule has 2 N–H and O–H groups in total. The van der Waals surface area contributed by atoms with E-state index in [2.05, 4.69) is 16.3 Å². The van der Waals surface area contributed by atoms with Crippen LogP contribution in [0.4, 0.5) is 0 Å². The third-order valence-electron chi connectivity index (χ3n) is 5.79. The molecule has 0 aliphatic carbocycles. The topological polar surface area (TPSA) is 65.0 Å². The molecule has 162 valence electrons. The largest absolute Gasteiger partial charge is 0.491 e. The van der Waals surface area contributed by atoms with Crippen LogP contribution in [0, 0.1) is 0 Å².